The van der Waals surface area contributed by atoms with Crippen molar-refractivity contribution in [2.75, 3.05) is 0 Å². The Kier molecular flexibility index (Phi) is 14.2. The Labute approximate surface area is 244 Å². The maximum absolute atomic E-state index is 14.6. The van der Waals surface area contributed by atoms with E-state index in [1.807, 2.05) is 59.7 Å². The summed E-state index contributed by atoms with van der Waals surface area (Å²) in [6.45, 7) is 23.9. The lowest BCUT2D eigenvalue weighted by Crippen LogP contribution is -2.56. The van der Waals surface area contributed by atoms with Gasteiger partial charge < -0.3 is 20.3 Å². The molecule has 40 heavy (non-hydrogen) atoms. The third-order valence-corrected chi connectivity index (χ3v) is 7.17. The zero-order valence-corrected chi connectivity index (χ0v) is 27.3. The number of ether oxygens (including phenoxy) is 1. The van der Waals surface area contributed by atoms with Crippen LogP contribution < -0.4 is 10.6 Å². The van der Waals surface area contributed by atoms with E-state index in [2.05, 4.69) is 31.4 Å². The predicted octanol–water partition coefficient (Wildman–Crippen LogP) is 7.24. The average Bonchev–Trinajstić information content (AvgIpc) is 2.80. The molecule has 0 aliphatic carbocycles. The van der Waals surface area contributed by atoms with Crippen LogP contribution in [0.3, 0.4) is 0 Å². The summed E-state index contributed by atoms with van der Waals surface area (Å²) in [5.74, 6) is 0.123. The van der Waals surface area contributed by atoms with Crippen molar-refractivity contribution < 1.29 is 19.1 Å². The SMILES string of the molecule is CCCC(C)NC(=O)C(c1cccc(C)c1C)N(C(=O)C(CC(C)C)NC(=O)OC(C)(C)C)C(C)CCC(C)C. The average molecular weight is 560 g/mol. The van der Waals surface area contributed by atoms with Crippen molar-refractivity contribution in [2.45, 2.75) is 145 Å². The van der Waals surface area contributed by atoms with Gasteiger partial charge in [0, 0.05) is 12.1 Å². The summed E-state index contributed by atoms with van der Waals surface area (Å²) in [4.78, 5) is 43.3. The van der Waals surface area contributed by atoms with Gasteiger partial charge in [-0.3, -0.25) is 9.59 Å². The first kappa shape index (κ1) is 35.5. The molecule has 3 amide bonds. The van der Waals surface area contributed by atoms with Crippen molar-refractivity contribution in [3.8, 4) is 0 Å². The number of alkyl carbamates (subject to hydrolysis) is 1. The van der Waals surface area contributed by atoms with Crippen LogP contribution in [-0.4, -0.2) is 46.5 Å². The van der Waals surface area contributed by atoms with Gasteiger partial charge >= 0.3 is 6.09 Å². The Morgan fingerprint density at radius 2 is 1.52 bits per heavy atom. The van der Waals surface area contributed by atoms with E-state index in [1.165, 1.54) is 0 Å². The molecule has 0 spiro atoms. The summed E-state index contributed by atoms with van der Waals surface area (Å²) in [5.41, 5.74) is 2.16. The van der Waals surface area contributed by atoms with Crippen LogP contribution in [0.5, 0.6) is 0 Å². The van der Waals surface area contributed by atoms with E-state index in [9.17, 15) is 14.4 Å². The van der Waals surface area contributed by atoms with Crippen LogP contribution in [0.1, 0.15) is 124 Å². The maximum Gasteiger partial charge on any atom is 0.408 e. The molecule has 4 atom stereocenters. The molecule has 228 valence electrons. The van der Waals surface area contributed by atoms with Gasteiger partial charge in [0.1, 0.15) is 17.7 Å². The van der Waals surface area contributed by atoms with E-state index in [1.54, 1.807) is 25.7 Å². The largest absolute Gasteiger partial charge is 0.444 e. The Morgan fingerprint density at radius 3 is 2.05 bits per heavy atom. The van der Waals surface area contributed by atoms with Crippen LogP contribution in [0, 0.1) is 25.7 Å². The number of rotatable bonds is 14. The molecule has 0 radical (unpaired) electrons. The molecule has 2 N–H and O–H groups in total. The number of carbonyl (C=O) groups is 3. The lowest BCUT2D eigenvalue weighted by Gasteiger charge is -2.40. The van der Waals surface area contributed by atoms with E-state index in [-0.39, 0.29) is 29.8 Å². The molecule has 4 unspecified atom stereocenters. The number of nitrogens with zero attached hydrogens (tertiary/aromatic N) is 1. The number of benzene rings is 1. The molecule has 7 nitrogen and oxygen atoms in total. The molecular weight excluding hydrogens is 502 g/mol. The van der Waals surface area contributed by atoms with Gasteiger partial charge in [-0.25, -0.2) is 4.79 Å². The minimum absolute atomic E-state index is 0.0283. The Bertz CT molecular complexity index is 967. The van der Waals surface area contributed by atoms with Gasteiger partial charge in [-0.2, -0.15) is 0 Å². The Balaban J connectivity index is 3.73. The second-order valence-electron chi connectivity index (χ2n) is 13.3. The number of aryl methyl sites for hydroxylation is 1. The Morgan fingerprint density at radius 1 is 0.900 bits per heavy atom. The summed E-state index contributed by atoms with van der Waals surface area (Å²) in [7, 11) is 0. The van der Waals surface area contributed by atoms with Gasteiger partial charge in [0.2, 0.25) is 11.8 Å². The van der Waals surface area contributed by atoms with Crippen LogP contribution in [-0.2, 0) is 14.3 Å². The number of amides is 3. The lowest BCUT2D eigenvalue weighted by atomic mass is 9.91. The van der Waals surface area contributed by atoms with Crippen LogP contribution in [0.2, 0.25) is 0 Å². The highest BCUT2D eigenvalue weighted by molar-refractivity contribution is 5.92. The topological polar surface area (TPSA) is 87.7 Å². The highest BCUT2D eigenvalue weighted by atomic mass is 16.6. The van der Waals surface area contributed by atoms with Crippen molar-refractivity contribution in [3.63, 3.8) is 0 Å². The zero-order chi connectivity index (χ0) is 30.8. The zero-order valence-electron chi connectivity index (χ0n) is 27.3. The highest BCUT2D eigenvalue weighted by Gasteiger charge is 2.40. The minimum atomic E-state index is -0.830. The number of nitrogens with one attached hydrogen (secondary N) is 2. The van der Waals surface area contributed by atoms with E-state index >= 15 is 0 Å². The van der Waals surface area contributed by atoms with Crippen molar-refractivity contribution in [3.05, 3.63) is 34.9 Å². The van der Waals surface area contributed by atoms with Gasteiger partial charge in [-0.05, 0) is 103 Å². The van der Waals surface area contributed by atoms with Crippen LogP contribution in [0.25, 0.3) is 0 Å². The van der Waals surface area contributed by atoms with Gasteiger partial charge in [-0.1, -0.05) is 59.2 Å². The van der Waals surface area contributed by atoms with Crippen LogP contribution >= 0.6 is 0 Å². The molecule has 0 bridgehead atoms. The smallest absolute Gasteiger partial charge is 0.408 e. The predicted molar refractivity (Wildman–Crippen MR) is 164 cm³/mol. The summed E-state index contributed by atoms with van der Waals surface area (Å²) in [6.07, 6.45) is 3.23. The maximum atomic E-state index is 14.6. The first-order valence-corrected chi connectivity index (χ1v) is 15.2. The molecule has 0 aromatic heterocycles. The second-order valence-corrected chi connectivity index (χ2v) is 13.3. The summed E-state index contributed by atoms with van der Waals surface area (Å²) in [5, 5.41) is 6.04. The quantitative estimate of drug-likeness (QED) is 0.251. The lowest BCUT2D eigenvalue weighted by molar-refractivity contribution is -0.145. The van der Waals surface area contributed by atoms with E-state index in [0.717, 1.165) is 42.4 Å². The van der Waals surface area contributed by atoms with Gasteiger partial charge in [0.05, 0.1) is 0 Å². The third-order valence-electron chi connectivity index (χ3n) is 7.17. The monoisotopic (exact) mass is 559 g/mol. The standard InChI is InChI=1S/C33H57N3O4/c1-13-15-24(7)34-30(37)29(27-17-14-16-23(6)26(27)9)36(25(8)19-18-21(2)3)31(38)28(20-22(4)5)35-32(39)40-33(10,11)12/h14,16-17,21-22,24-25,28-29H,13,15,18-20H2,1-12H3,(H,34,37)(H,35,39). The molecule has 0 saturated carbocycles. The summed E-state index contributed by atoms with van der Waals surface area (Å²) in [6, 6.07) is 3.99. The molecule has 7 heteroatoms. The first-order chi connectivity index (χ1) is 18.5. The number of hydrogen-bond acceptors (Lipinski definition) is 4. The minimum Gasteiger partial charge on any atom is -0.444 e. The molecule has 0 aliphatic heterocycles. The normalized spacial score (nSPS) is 14.8. The van der Waals surface area contributed by atoms with E-state index in [0.29, 0.717) is 12.3 Å². The van der Waals surface area contributed by atoms with Crippen molar-refractivity contribution in [2.24, 2.45) is 11.8 Å². The molecule has 1 rings (SSSR count). The van der Waals surface area contributed by atoms with Crippen molar-refractivity contribution in [1.29, 1.82) is 0 Å². The highest BCUT2D eigenvalue weighted by Crippen LogP contribution is 2.31. The number of carbonyl (C=O) groups excluding carboxylic acids is 3. The van der Waals surface area contributed by atoms with E-state index < -0.39 is 23.8 Å². The molecule has 0 fully saturated rings. The fraction of sp³-hybridized carbons (Fsp3) is 0.727. The first-order valence-electron chi connectivity index (χ1n) is 15.2. The molecular formula is C33H57N3O4. The van der Waals surface area contributed by atoms with Crippen molar-refractivity contribution >= 4 is 17.9 Å². The molecule has 0 saturated heterocycles. The molecule has 0 heterocycles. The summed E-state index contributed by atoms with van der Waals surface area (Å²) < 4.78 is 5.53. The fourth-order valence-corrected chi connectivity index (χ4v) is 4.95. The van der Waals surface area contributed by atoms with Crippen LogP contribution in [0.15, 0.2) is 18.2 Å². The molecule has 1 aromatic rings. The van der Waals surface area contributed by atoms with Crippen molar-refractivity contribution in [1.82, 2.24) is 15.5 Å². The third kappa shape index (κ3) is 11.5. The van der Waals surface area contributed by atoms with Gasteiger partial charge in [0.15, 0.2) is 0 Å². The number of hydrogen-bond donors (Lipinski definition) is 2. The van der Waals surface area contributed by atoms with Gasteiger partial charge in [0.25, 0.3) is 0 Å². The Hall–Kier alpha value is -2.57. The summed E-state index contributed by atoms with van der Waals surface area (Å²) >= 11 is 0. The molecule has 0 aliphatic rings. The molecule has 1 aromatic carbocycles. The fourth-order valence-electron chi connectivity index (χ4n) is 4.95. The van der Waals surface area contributed by atoms with E-state index in [4.69, 9.17) is 4.74 Å². The second kappa shape index (κ2) is 16.0. The van der Waals surface area contributed by atoms with Gasteiger partial charge in [-0.15, -0.1) is 0 Å². The van der Waals surface area contributed by atoms with Crippen LogP contribution in [0.4, 0.5) is 4.79 Å².